The van der Waals surface area contributed by atoms with Crippen molar-refractivity contribution in [1.82, 2.24) is 0 Å². The van der Waals surface area contributed by atoms with E-state index in [2.05, 4.69) is 17.4 Å². The zero-order valence-electron chi connectivity index (χ0n) is 12.3. The molecule has 3 nitrogen and oxygen atoms in total. The maximum absolute atomic E-state index is 12.0. The second-order valence-electron chi connectivity index (χ2n) is 5.77. The van der Waals surface area contributed by atoms with Crippen LogP contribution in [0.3, 0.4) is 0 Å². The molecule has 2 rings (SSSR count). The van der Waals surface area contributed by atoms with Crippen LogP contribution >= 0.6 is 11.8 Å². The first kappa shape index (κ1) is 15.4. The Bertz CT molecular complexity index is 450. The quantitative estimate of drug-likeness (QED) is 0.868. The zero-order chi connectivity index (χ0) is 14.6. The number of hydrogen-bond acceptors (Lipinski definition) is 3. The molecule has 1 fully saturated rings. The number of thioether (sulfide) groups is 1. The lowest BCUT2D eigenvalue weighted by atomic mass is 9.99. The lowest BCUT2D eigenvalue weighted by molar-refractivity contribution is -0.120. The summed E-state index contributed by atoms with van der Waals surface area (Å²) in [6.45, 7) is 3.67. The van der Waals surface area contributed by atoms with Crippen molar-refractivity contribution in [2.45, 2.75) is 61.6 Å². The van der Waals surface area contributed by atoms with E-state index in [1.165, 1.54) is 30.6 Å². The Balaban J connectivity index is 1.92. The normalized spacial score (nSPS) is 18.8. The molecule has 1 aliphatic rings. The van der Waals surface area contributed by atoms with Gasteiger partial charge in [-0.3, -0.25) is 4.79 Å². The fraction of sp³-hybridized carbons (Fsp3) is 0.562. The minimum absolute atomic E-state index is 0.129. The molecular weight excluding hydrogens is 268 g/mol. The number of rotatable bonds is 5. The van der Waals surface area contributed by atoms with Gasteiger partial charge in [-0.2, -0.15) is 0 Å². The van der Waals surface area contributed by atoms with Gasteiger partial charge in [-0.25, -0.2) is 0 Å². The molecule has 3 N–H and O–H groups in total. The highest BCUT2D eigenvalue weighted by Gasteiger charge is 2.25. The molecular formula is C16H24N2OS. The Morgan fingerprint density at radius 2 is 1.95 bits per heavy atom. The summed E-state index contributed by atoms with van der Waals surface area (Å²) in [7, 11) is 0. The zero-order valence-corrected chi connectivity index (χ0v) is 13.1. The van der Waals surface area contributed by atoms with Crippen molar-refractivity contribution in [2.75, 3.05) is 5.32 Å². The van der Waals surface area contributed by atoms with Crippen LogP contribution in [0.15, 0.2) is 29.2 Å². The average molecular weight is 292 g/mol. The summed E-state index contributed by atoms with van der Waals surface area (Å²) >= 11 is 1.95. The number of nitrogens with two attached hydrogens (primary N) is 1. The summed E-state index contributed by atoms with van der Waals surface area (Å²) in [5.41, 5.74) is 5.94. The monoisotopic (exact) mass is 292 g/mol. The number of benzene rings is 1. The summed E-state index contributed by atoms with van der Waals surface area (Å²) in [6.07, 6.45) is 5.99. The van der Waals surface area contributed by atoms with Gasteiger partial charge in [0.15, 0.2) is 0 Å². The number of carbonyl (C=O) groups is 1. The second-order valence-corrected chi connectivity index (χ2v) is 7.15. The molecule has 1 saturated carbocycles. The predicted octanol–water partition coefficient (Wildman–Crippen LogP) is 3.79. The van der Waals surface area contributed by atoms with Crippen LogP contribution in [0.25, 0.3) is 0 Å². The second kappa shape index (κ2) is 6.64. The van der Waals surface area contributed by atoms with Crippen molar-refractivity contribution in [3.63, 3.8) is 0 Å². The van der Waals surface area contributed by atoms with Crippen molar-refractivity contribution < 1.29 is 4.79 Å². The van der Waals surface area contributed by atoms with Crippen LogP contribution in [0.5, 0.6) is 0 Å². The Morgan fingerprint density at radius 3 is 2.50 bits per heavy atom. The standard InChI is InChI=1S/C16H24N2OS/c1-3-16(2,17)15(19)18-12-8-10-14(11-9-12)20-13-6-4-5-7-13/h8-11,13H,3-7,17H2,1-2H3,(H,18,19). The summed E-state index contributed by atoms with van der Waals surface area (Å²) in [4.78, 5) is 13.3. The molecule has 0 aromatic heterocycles. The van der Waals surface area contributed by atoms with Crippen LogP contribution < -0.4 is 11.1 Å². The average Bonchev–Trinajstić information content (AvgIpc) is 2.94. The molecule has 1 aliphatic carbocycles. The van der Waals surface area contributed by atoms with Gasteiger partial charge in [0.05, 0.1) is 5.54 Å². The third-order valence-corrected chi connectivity index (χ3v) is 5.32. The van der Waals surface area contributed by atoms with Crippen molar-refractivity contribution in [3.05, 3.63) is 24.3 Å². The lowest BCUT2D eigenvalue weighted by Crippen LogP contribution is -2.47. The van der Waals surface area contributed by atoms with E-state index in [0.29, 0.717) is 6.42 Å². The highest BCUT2D eigenvalue weighted by Crippen LogP contribution is 2.34. The largest absolute Gasteiger partial charge is 0.325 e. The Kier molecular flexibility index (Phi) is 5.11. The first-order valence-electron chi connectivity index (χ1n) is 7.38. The van der Waals surface area contributed by atoms with E-state index in [1.54, 1.807) is 6.92 Å². The smallest absolute Gasteiger partial charge is 0.244 e. The Hall–Kier alpha value is -1.00. The van der Waals surface area contributed by atoms with Crippen molar-refractivity contribution in [1.29, 1.82) is 0 Å². The molecule has 0 radical (unpaired) electrons. The van der Waals surface area contributed by atoms with E-state index < -0.39 is 5.54 Å². The highest BCUT2D eigenvalue weighted by atomic mass is 32.2. The van der Waals surface area contributed by atoms with Gasteiger partial charge >= 0.3 is 0 Å². The van der Waals surface area contributed by atoms with Crippen LogP contribution in [-0.2, 0) is 4.79 Å². The fourth-order valence-electron chi connectivity index (χ4n) is 2.25. The highest BCUT2D eigenvalue weighted by molar-refractivity contribution is 8.00. The molecule has 0 saturated heterocycles. The summed E-state index contributed by atoms with van der Waals surface area (Å²) in [6, 6.07) is 8.08. The minimum atomic E-state index is -0.808. The van der Waals surface area contributed by atoms with Crippen LogP contribution in [0.4, 0.5) is 5.69 Å². The molecule has 0 bridgehead atoms. The van der Waals surface area contributed by atoms with E-state index in [1.807, 2.05) is 30.8 Å². The van der Waals surface area contributed by atoms with E-state index in [-0.39, 0.29) is 5.91 Å². The van der Waals surface area contributed by atoms with Crippen LogP contribution in [0.1, 0.15) is 46.0 Å². The van der Waals surface area contributed by atoms with Gasteiger partial charge in [-0.05, 0) is 50.5 Å². The molecule has 1 atom stereocenters. The van der Waals surface area contributed by atoms with Crippen molar-refractivity contribution >= 4 is 23.4 Å². The van der Waals surface area contributed by atoms with Gasteiger partial charge in [0.25, 0.3) is 0 Å². The van der Waals surface area contributed by atoms with Crippen LogP contribution in [-0.4, -0.2) is 16.7 Å². The SMILES string of the molecule is CCC(C)(N)C(=O)Nc1ccc(SC2CCCC2)cc1. The van der Waals surface area contributed by atoms with E-state index >= 15 is 0 Å². The molecule has 20 heavy (non-hydrogen) atoms. The van der Waals surface area contributed by atoms with Crippen molar-refractivity contribution in [3.8, 4) is 0 Å². The van der Waals surface area contributed by atoms with E-state index in [0.717, 1.165) is 10.9 Å². The van der Waals surface area contributed by atoms with Gasteiger partial charge in [-0.15, -0.1) is 11.8 Å². The predicted molar refractivity (Wildman–Crippen MR) is 86.1 cm³/mol. The van der Waals surface area contributed by atoms with Gasteiger partial charge in [-0.1, -0.05) is 19.8 Å². The van der Waals surface area contributed by atoms with E-state index in [9.17, 15) is 4.79 Å². The first-order chi connectivity index (χ1) is 9.51. The number of hydrogen-bond donors (Lipinski definition) is 2. The summed E-state index contributed by atoms with van der Waals surface area (Å²) < 4.78 is 0. The van der Waals surface area contributed by atoms with Gasteiger partial charge in [0, 0.05) is 15.8 Å². The van der Waals surface area contributed by atoms with Gasteiger partial charge in [0.1, 0.15) is 0 Å². The molecule has 0 spiro atoms. The number of amides is 1. The molecule has 1 unspecified atom stereocenters. The molecule has 1 amide bonds. The lowest BCUT2D eigenvalue weighted by Gasteiger charge is -2.21. The van der Waals surface area contributed by atoms with Crippen LogP contribution in [0, 0.1) is 0 Å². The van der Waals surface area contributed by atoms with Crippen molar-refractivity contribution in [2.24, 2.45) is 5.73 Å². The third-order valence-electron chi connectivity index (χ3n) is 3.97. The Morgan fingerprint density at radius 1 is 1.35 bits per heavy atom. The third kappa shape index (κ3) is 4.00. The maximum Gasteiger partial charge on any atom is 0.244 e. The molecule has 0 aliphatic heterocycles. The summed E-state index contributed by atoms with van der Waals surface area (Å²) in [5.74, 6) is -0.129. The fourth-order valence-corrected chi connectivity index (χ4v) is 3.50. The number of carbonyl (C=O) groups excluding carboxylic acids is 1. The molecule has 110 valence electrons. The molecule has 1 aromatic rings. The Labute approximate surface area is 125 Å². The number of anilines is 1. The maximum atomic E-state index is 12.0. The van der Waals surface area contributed by atoms with Crippen LogP contribution in [0.2, 0.25) is 0 Å². The molecule has 0 heterocycles. The van der Waals surface area contributed by atoms with Gasteiger partial charge in [0.2, 0.25) is 5.91 Å². The summed E-state index contributed by atoms with van der Waals surface area (Å²) in [5, 5.41) is 3.65. The first-order valence-corrected chi connectivity index (χ1v) is 8.26. The topological polar surface area (TPSA) is 55.1 Å². The molecule has 1 aromatic carbocycles. The minimum Gasteiger partial charge on any atom is -0.325 e. The molecule has 4 heteroatoms. The number of nitrogens with one attached hydrogen (secondary N) is 1. The van der Waals surface area contributed by atoms with Gasteiger partial charge < -0.3 is 11.1 Å². The van der Waals surface area contributed by atoms with E-state index in [4.69, 9.17) is 5.73 Å².